The second-order valence-electron chi connectivity index (χ2n) is 6.42. The Bertz CT molecular complexity index is 367. The van der Waals surface area contributed by atoms with Crippen molar-refractivity contribution < 1.29 is 9.59 Å². The van der Waals surface area contributed by atoms with Gasteiger partial charge in [0, 0.05) is 13.1 Å². The van der Waals surface area contributed by atoms with Gasteiger partial charge >= 0.3 is 0 Å². The molecule has 2 rings (SSSR count). The number of hydrogen-bond acceptors (Lipinski definition) is 3. The maximum Gasteiger partial charge on any atom is 0.244 e. The van der Waals surface area contributed by atoms with Crippen LogP contribution in [0.2, 0.25) is 0 Å². The van der Waals surface area contributed by atoms with Gasteiger partial charge < -0.3 is 15.5 Å². The van der Waals surface area contributed by atoms with Gasteiger partial charge in [0.1, 0.15) is 6.04 Å². The molecule has 2 N–H and O–H groups in total. The van der Waals surface area contributed by atoms with Crippen LogP contribution in [0.4, 0.5) is 0 Å². The van der Waals surface area contributed by atoms with Gasteiger partial charge in [0.2, 0.25) is 11.8 Å². The fraction of sp³-hybridized carbons (Fsp3) is 0.875. The third kappa shape index (κ3) is 4.43. The van der Waals surface area contributed by atoms with Gasteiger partial charge in [-0.3, -0.25) is 9.59 Å². The predicted molar refractivity (Wildman–Crippen MR) is 82.8 cm³/mol. The summed E-state index contributed by atoms with van der Waals surface area (Å²) in [7, 11) is 0. The van der Waals surface area contributed by atoms with E-state index < -0.39 is 6.04 Å². The Balaban J connectivity index is 1.82. The van der Waals surface area contributed by atoms with Crippen molar-refractivity contribution in [1.29, 1.82) is 0 Å². The van der Waals surface area contributed by atoms with Crippen LogP contribution in [0.1, 0.15) is 52.4 Å². The Labute approximate surface area is 127 Å². The Kier molecular flexibility index (Phi) is 6.03. The molecule has 2 saturated heterocycles. The van der Waals surface area contributed by atoms with Crippen molar-refractivity contribution in [3.8, 4) is 0 Å². The average molecular weight is 295 g/mol. The zero-order valence-electron chi connectivity index (χ0n) is 13.4. The molecule has 0 aliphatic carbocycles. The molecule has 3 unspecified atom stereocenters. The molecule has 0 aromatic heterocycles. The molecule has 2 aliphatic rings. The summed E-state index contributed by atoms with van der Waals surface area (Å²) < 4.78 is 0. The first-order valence-corrected chi connectivity index (χ1v) is 8.44. The van der Waals surface area contributed by atoms with Crippen molar-refractivity contribution >= 4 is 11.8 Å². The van der Waals surface area contributed by atoms with Gasteiger partial charge in [-0.15, -0.1) is 0 Å². The average Bonchev–Trinajstić information content (AvgIpc) is 2.54. The zero-order chi connectivity index (χ0) is 15.2. The van der Waals surface area contributed by atoms with Crippen LogP contribution in [0.25, 0.3) is 0 Å². The van der Waals surface area contributed by atoms with E-state index in [2.05, 4.69) is 17.6 Å². The van der Waals surface area contributed by atoms with Gasteiger partial charge in [-0.2, -0.15) is 0 Å². The number of hydrogen-bond donors (Lipinski definition) is 2. The van der Waals surface area contributed by atoms with Crippen molar-refractivity contribution in [2.75, 3.05) is 19.6 Å². The monoisotopic (exact) mass is 295 g/mol. The highest BCUT2D eigenvalue weighted by molar-refractivity contribution is 5.89. The van der Waals surface area contributed by atoms with Crippen LogP contribution >= 0.6 is 0 Å². The number of likely N-dealkylation sites (tertiary alicyclic amines) is 1. The SMILES string of the molecule is CCC1CCNC(C(=O)NC(C)C(=O)N2CCCCC2)C1. The number of carbonyl (C=O) groups is 2. The number of carbonyl (C=O) groups excluding carboxylic acids is 2. The molecule has 0 aromatic rings. The summed E-state index contributed by atoms with van der Waals surface area (Å²) in [6.07, 6.45) is 6.50. The maximum absolute atomic E-state index is 12.3. The number of nitrogens with one attached hydrogen (secondary N) is 2. The molecule has 2 heterocycles. The highest BCUT2D eigenvalue weighted by Crippen LogP contribution is 2.19. The lowest BCUT2D eigenvalue weighted by Crippen LogP contribution is -2.54. The van der Waals surface area contributed by atoms with Gasteiger partial charge in [0.15, 0.2) is 0 Å². The van der Waals surface area contributed by atoms with E-state index in [1.165, 1.54) is 6.42 Å². The van der Waals surface area contributed by atoms with E-state index in [1.54, 1.807) is 6.92 Å². The minimum atomic E-state index is -0.417. The molecule has 5 heteroatoms. The lowest BCUT2D eigenvalue weighted by Gasteiger charge is -2.32. The van der Waals surface area contributed by atoms with Crippen LogP contribution in [0.5, 0.6) is 0 Å². The highest BCUT2D eigenvalue weighted by Gasteiger charge is 2.29. The van der Waals surface area contributed by atoms with E-state index in [9.17, 15) is 9.59 Å². The summed E-state index contributed by atoms with van der Waals surface area (Å²) in [6.45, 7) is 6.53. The van der Waals surface area contributed by atoms with E-state index in [0.29, 0.717) is 5.92 Å². The molecule has 2 aliphatic heterocycles. The van der Waals surface area contributed by atoms with Crippen molar-refractivity contribution in [2.24, 2.45) is 5.92 Å². The topological polar surface area (TPSA) is 61.4 Å². The summed E-state index contributed by atoms with van der Waals surface area (Å²) in [5.74, 6) is 0.659. The third-order valence-corrected chi connectivity index (χ3v) is 4.80. The third-order valence-electron chi connectivity index (χ3n) is 4.80. The standard InChI is InChI=1S/C16H29N3O2/c1-3-13-7-8-17-14(11-13)15(20)18-12(2)16(21)19-9-5-4-6-10-19/h12-14,17H,3-11H2,1-2H3,(H,18,20). The van der Waals surface area contributed by atoms with Gasteiger partial charge in [0.05, 0.1) is 6.04 Å². The van der Waals surface area contributed by atoms with E-state index in [1.807, 2.05) is 4.90 Å². The van der Waals surface area contributed by atoms with Crippen LogP contribution in [0, 0.1) is 5.92 Å². The molecule has 0 radical (unpaired) electrons. The second kappa shape index (κ2) is 7.78. The highest BCUT2D eigenvalue weighted by atomic mass is 16.2. The molecule has 0 aromatic carbocycles. The summed E-state index contributed by atoms with van der Waals surface area (Å²) in [5, 5.41) is 6.17. The van der Waals surface area contributed by atoms with E-state index in [4.69, 9.17) is 0 Å². The van der Waals surface area contributed by atoms with E-state index >= 15 is 0 Å². The van der Waals surface area contributed by atoms with Crippen LogP contribution in [0.15, 0.2) is 0 Å². The van der Waals surface area contributed by atoms with Gasteiger partial charge in [-0.25, -0.2) is 0 Å². The number of rotatable bonds is 4. The van der Waals surface area contributed by atoms with Gasteiger partial charge in [-0.05, 0) is 51.5 Å². The van der Waals surface area contributed by atoms with Crippen LogP contribution < -0.4 is 10.6 Å². The smallest absolute Gasteiger partial charge is 0.244 e. The number of piperidine rings is 2. The molecule has 2 amide bonds. The predicted octanol–water partition coefficient (Wildman–Crippen LogP) is 1.28. The zero-order valence-corrected chi connectivity index (χ0v) is 13.4. The number of amides is 2. The molecule has 120 valence electrons. The number of nitrogens with zero attached hydrogens (tertiary/aromatic N) is 1. The fourth-order valence-corrected chi connectivity index (χ4v) is 3.33. The lowest BCUT2D eigenvalue weighted by atomic mass is 9.90. The van der Waals surface area contributed by atoms with Crippen LogP contribution in [-0.2, 0) is 9.59 Å². The quantitative estimate of drug-likeness (QED) is 0.821. The second-order valence-corrected chi connectivity index (χ2v) is 6.42. The Morgan fingerprint density at radius 1 is 1.29 bits per heavy atom. The molecular formula is C16H29N3O2. The molecule has 0 saturated carbocycles. The van der Waals surface area contributed by atoms with E-state index in [-0.39, 0.29) is 17.9 Å². The molecular weight excluding hydrogens is 266 g/mol. The fourth-order valence-electron chi connectivity index (χ4n) is 3.33. The Hall–Kier alpha value is -1.10. The van der Waals surface area contributed by atoms with E-state index in [0.717, 1.165) is 51.7 Å². The van der Waals surface area contributed by atoms with Gasteiger partial charge in [0.25, 0.3) is 0 Å². The van der Waals surface area contributed by atoms with Crippen molar-refractivity contribution in [3.63, 3.8) is 0 Å². The van der Waals surface area contributed by atoms with Crippen LogP contribution in [0.3, 0.4) is 0 Å². The Morgan fingerprint density at radius 2 is 2.00 bits per heavy atom. The molecule has 0 spiro atoms. The normalized spacial score (nSPS) is 28.0. The molecule has 21 heavy (non-hydrogen) atoms. The van der Waals surface area contributed by atoms with Gasteiger partial charge in [-0.1, -0.05) is 13.3 Å². The first-order chi connectivity index (χ1) is 10.1. The summed E-state index contributed by atoms with van der Waals surface area (Å²) in [5.41, 5.74) is 0. The van der Waals surface area contributed by atoms with Crippen molar-refractivity contribution in [3.05, 3.63) is 0 Å². The molecule has 0 bridgehead atoms. The largest absolute Gasteiger partial charge is 0.343 e. The summed E-state index contributed by atoms with van der Waals surface area (Å²) >= 11 is 0. The van der Waals surface area contributed by atoms with Crippen LogP contribution in [-0.4, -0.2) is 48.4 Å². The summed E-state index contributed by atoms with van der Waals surface area (Å²) in [4.78, 5) is 26.5. The minimum absolute atomic E-state index is 0.0222. The minimum Gasteiger partial charge on any atom is -0.343 e. The first-order valence-electron chi connectivity index (χ1n) is 8.44. The maximum atomic E-state index is 12.3. The Morgan fingerprint density at radius 3 is 2.67 bits per heavy atom. The lowest BCUT2D eigenvalue weighted by molar-refractivity contribution is -0.137. The molecule has 5 nitrogen and oxygen atoms in total. The molecule has 3 atom stereocenters. The molecule has 2 fully saturated rings. The summed E-state index contributed by atoms with van der Waals surface area (Å²) in [6, 6.07) is -0.556. The van der Waals surface area contributed by atoms with Crippen molar-refractivity contribution in [2.45, 2.75) is 64.5 Å². The van der Waals surface area contributed by atoms with Crippen molar-refractivity contribution in [1.82, 2.24) is 15.5 Å². The first kappa shape index (κ1) is 16.3.